The lowest BCUT2D eigenvalue weighted by molar-refractivity contribution is -0.147. The fourth-order valence-corrected chi connectivity index (χ4v) is 2.86. The van der Waals surface area contributed by atoms with Crippen molar-refractivity contribution in [2.75, 3.05) is 0 Å². The van der Waals surface area contributed by atoms with Gasteiger partial charge in [-0.05, 0) is 30.3 Å². The second-order valence-electron chi connectivity index (χ2n) is 6.05. The molecule has 0 saturated heterocycles. The molecule has 0 amide bonds. The second-order valence-corrected chi connectivity index (χ2v) is 6.05. The SMILES string of the molecule is FC(F)(F)c1cc(C(F)(F)F)c(-c2cccnc2-c2ccccn2)c(C(F)(F)F)c1. The summed E-state index contributed by atoms with van der Waals surface area (Å²) in [5, 5.41) is 0. The first-order valence-electron chi connectivity index (χ1n) is 8.06. The highest BCUT2D eigenvalue weighted by molar-refractivity contribution is 5.83. The maximum atomic E-state index is 13.6. The van der Waals surface area contributed by atoms with E-state index in [-0.39, 0.29) is 23.5 Å². The number of benzene rings is 1. The van der Waals surface area contributed by atoms with E-state index < -0.39 is 46.3 Å². The Kier molecular flexibility index (Phi) is 5.25. The quantitative estimate of drug-likeness (QED) is 0.410. The van der Waals surface area contributed by atoms with Crippen LogP contribution in [0.5, 0.6) is 0 Å². The highest BCUT2D eigenvalue weighted by Crippen LogP contribution is 2.48. The lowest BCUT2D eigenvalue weighted by Crippen LogP contribution is -2.18. The number of nitrogens with zero attached hydrogens (tertiary/aromatic N) is 2. The van der Waals surface area contributed by atoms with Gasteiger partial charge in [0.05, 0.1) is 28.1 Å². The van der Waals surface area contributed by atoms with Crippen LogP contribution in [-0.4, -0.2) is 9.97 Å². The van der Waals surface area contributed by atoms with Crippen LogP contribution in [0.15, 0.2) is 54.9 Å². The van der Waals surface area contributed by atoms with Crippen molar-refractivity contribution >= 4 is 0 Å². The Bertz CT molecular complexity index is 1020. The summed E-state index contributed by atoms with van der Waals surface area (Å²) in [6, 6.07) is 5.54. The van der Waals surface area contributed by atoms with Crippen molar-refractivity contribution in [1.82, 2.24) is 9.97 Å². The van der Waals surface area contributed by atoms with Gasteiger partial charge < -0.3 is 0 Å². The number of pyridine rings is 2. The number of rotatable bonds is 2. The number of alkyl halides is 9. The van der Waals surface area contributed by atoms with E-state index in [1.165, 1.54) is 24.4 Å². The predicted octanol–water partition coefficient (Wildman–Crippen LogP) is 6.87. The van der Waals surface area contributed by atoms with Crippen molar-refractivity contribution in [1.29, 1.82) is 0 Å². The molecule has 2 nitrogen and oxygen atoms in total. The van der Waals surface area contributed by atoms with Gasteiger partial charge in [0.1, 0.15) is 0 Å². The summed E-state index contributed by atoms with van der Waals surface area (Å²) >= 11 is 0. The molecule has 0 fully saturated rings. The Labute approximate surface area is 163 Å². The minimum Gasteiger partial charge on any atom is -0.255 e. The zero-order valence-electron chi connectivity index (χ0n) is 14.5. The van der Waals surface area contributed by atoms with Crippen LogP contribution in [0.4, 0.5) is 39.5 Å². The molecule has 3 aromatic rings. The van der Waals surface area contributed by atoms with Crippen molar-refractivity contribution < 1.29 is 39.5 Å². The number of aromatic nitrogens is 2. The topological polar surface area (TPSA) is 25.8 Å². The summed E-state index contributed by atoms with van der Waals surface area (Å²) in [6.45, 7) is 0. The van der Waals surface area contributed by atoms with Gasteiger partial charge in [0, 0.05) is 23.5 Å². The summed E-state index contributed by atoms with van der Waals surface area (Å²) < 4.78 is 121. The zero-order chi connectivity index (χ0) is 22.3. The monoisotopic (exact) mass is 436 g/mol. The van der Waals surface area contributed by atoms with Gasteiger partial charge in [-0.25, -0.2) is 0 Å². The molecular formula is C19H9F9N2. The molecule has 1 aromatic carbocycles. The van der Waals surface area contributed by atoms with Gasteiger partial charge >= 0.3 is 18.5 Å². The first-order chi connectivity index (χ1) is 13.8. The molecule has 0 radical (unpaired) electrons. The molecule has 11 heteroatoms. The number of halogens is 9. The molecule has 0 saturated carbocycles. The third kappa shape index (κ3) is 4.24. The Morgan fingerprint density at radius 3 is 1.63 bits per heavy atom. The highest BCUT2D eigenvalue weighted by atomic mass is 19.4. The molecule has 0 aliphatic rings. The van der Waals surface area contributed by atoms with E-state index >= 15 is 0 Å². The maximum Gasteiger partial charge on any atom is 0.417 e. The summed E-state index contributed by atoms with van der Waals surface area (Å²) in [6.07, 6.45) is -14.1. The molecule has 0 aliphatic carbocycles. The van der Waals surface area contributed by atoms with Crippen molar-refractivity contribution in [3.05, 3.63) is 71.5 Å². The Hall–Kier alpha value is -3.11. The zero-order valence-corrected chi connectivity index (χ0v) is 14.5. The Morgan fingerprint density at radius 2 is 1.17 bits per heavy atom. The van der Waals surface area contributed by atoms with E-state index in [0.29, 0.717) is 0 Å². The van der Waals surface area contributed by atoms with Crippen molar-refractivity contribution in [3.8, 4) is 22.5 Å². The molecule has 3 rings (SSSR count). The lowest BCUT2D eigenvalue weighted by atomic mass is 9.89. The van der Waals surface area contributed by atoms with Crippen LogP contribution in [0.1, 0.15) is 16.7 Å². The fourth-order valence-electron chi connectivity index (χ4n) is 2.86. The fraction of sp³-hybridized carbons (Fsp3) is 0.158. The van der Waals surface area contributed by atoms with Crippen LogP contribution in [0, 0.1) is 0 Å². The van der Waals surface area contributed by atoms with Crippen LogP contribution in [-0.2, 0) is 18.5 Å². The Balaban J connectivity index is 2.47. The minimum atomic E-state index is -5.51. The number of hydrogen-bond donors (Lipinski definition) is 0. The van der Waals surface area contributed by atoms with Gasteiger partial charge in [0.2, 0.25) is 0 Å². The van der Waals surface area contributed by atoms with E-state index in [0.717, 1.165) is 18.3 Å². The molecule has 0 unspecified atom stereocenters. The molecular weight excluding hydrogens is 427 g/mol. The summed E-state index contributed by atoms with van der Waals surface area (Å²) in [5.74, 6) is 0. The van der Waals surface area contributed by atoms with Crippen LogP contribution >= 0.6 is 0 Å². The summed E-state index contributed by atoms with van der Waals surface area (Å²) in [4.78, 5) is 7.69. The normalized spacial score (nSPS) is 12.8. The number of hydrogen-bond acceptors (Lipinski definition) is 2. The minimum absolute atomic E-state index is 0.0470. The molecule has 2 aromatic heterocycles. The molecule has 0 atom stereocenters. The molecule has 30 heavy (non-hydrogen) atoms. The first-order valence-corrected chi connectivity index (χ1v) is 8.06. The summed E-state index contributed by atoms with van der Waals surface area (Å²) in [5.41, 5.74) is -8.69. The molecule has 2 heterocycles. The van der Waals surface area contributed by atoms with E-state index in [9.17, 15) is 39.5 Å². The van der Waals surface area contributed by atoms with E-state index in [1.807, 2.05) is 0 Å². The molecule has 0 spiro atoms. The molecule has 158 valence electrons. The first kappa shape index (κ1) is 21.6. The molecule has 0 bridgehead atoms. The third-order valence-corrected chi connectivity index (χ3v) is 4.06. The lowest BCUT2D eigenvalue weighted by Gasteiger charge is -2.22. The van der Waals surface area contributed by atoms with Gasteiger partial charge in [-0.15, -0.1) is 0 Å². The van der Waals surface area contributed by atoms with Crippen LogP contribution < -0.4 is 0 Å². The van der Waals surface area contributed by atoms with E-state index in [2.05, 4.69) is 9.97 Å². The maximum absolute atomic E-state index is 13.6. The summed E-state index contributed by atoms with van der Waals surface area (Å²) in [7, 11) is 0. The van der Waals surface area contributed by atoms with Crippen molar-refractivity contribution in [2.45, 2.75) is 18.5 Å². The van der Waals surface area contributed by atoms with Crippen LogP contribution in [0.3, 0.4) is 0 Å². The van der Waals surface area contributed by atoms with E-state index in [1.54, 1.807) is 0 Å². The molecule has 0 N–H and O–H groups in total. The van der Waals surface area contributed by atoms with Gasteiger partial charge in [0.25, 0.3) is 0 Å². The van der Waals surface area contributed by atoms with Crippen LogP contribution in [0.25, 0.3) is 22.5 Å². The second kappa shape index (κ2) is 7.29. The van der Waals surface area contributed by atoms with Gasteiger partial charge in [0.15, 0.2) is 0 Å². The smallest absolute Gasteiger partial charge is 0.255 e. The van der Waals surface area contributed by atoms with Gasteiger partial charge in [-0.2, -0.15) is 39.5 Å². The Morgan fingerprint density at radius 1 is 0.600 bits per heavy atom. The van der Waals surface area contributed by atoms with Crippen molar-refractivity contribution in [2.24, 2.45) is 0 Å². The standard InChI is InChI=1S/C19H9F9N2/c20-17(21,22)10-8-12(18(23,24)25)15(13(9-10)19(26,27)28)11-4-3-7-30-16(11)14-5-1-2-6-29-14/h1-9H. The van der Waals surface area contributed by atoms with E-state index in [4.69, 9.17) is 0 Å². The average molecular weight is 436 g/mol. The van der Waals surface area contributed by atoms with Gasteiger partial charge in [-0.1, -0.05) is 12.1 Å². The highest BCUT2D eigenvalue weighted by Gasteiger charge is 2.45. The third-order valence-electron chi connectivity index (χ3n) is 4.06. The predicted molar refractivity (Wildman–Crippen MR) is 87.9 cm³/mol. The van der Waals surface area contributed by atoms with Gasteiger partial charge in [-0.3, -0.25) is 9.97 Å². The van der Waals surface area contributed by atoms with Crippen molar-refractivity contribution in [3.63, 3.8) is 0 Å². The molecule has 0 aliphatic heterocycles. The van der Waals surface area contributed by atoms with Crippen LogP contribution in [0.2, 0.25) is 0 Å². The largest absolute Gasteiger partial charge is 0.417 e. The average Bonchev–Trinajstić information content (AvgIpc) is 2.65.